The first-order chi connectivity index (χ1) is 8.03. The summed E-state index contributed by atoms with van der Waals surface area (Å²) in [5.41, 5.74) is 5.63. The highest BCUT2D eigenvalue weighted by atomic mass is 16.3. The zero-order chi connectivity index (χ0) is 12.5. The van der Waals surface area contributed by atoms with Crippen molar-refractivity contribution in [3.63, 3.8) is 0 Å². The fourth-order valence-corrected chi connectivity index (χ4v) is 3.08. The smallest absolute Gasteiger partial charge is 0.242 e. The van der Waals surface area contributed by atoms with E-state index in [-0.39, 0.29) is 17.9 Å². The second-order valence-corrected chi connectivity index (χ2v) is 5.76. The van der Waals surface area contributed by atoms with Crippen LogP contribution in [0.2, 0.25) is 0 Å². The Morgan fingerprint density at radius 2 is 2.06 bits per heavy atom. The van der Waals surface area contributed by atoms with Gasteiger partial charge in [-0.2, -0.15) is 0 Å². The highest BCUT2D eigenvalue weighted by molar-refractivity contribution is 5.86. The van der Waals surface area contributed by atoms with Crippen molar-refractivity contribution in [2.45, 2.75) is 57.1 Å². The van der Waals surface area contributed by atoms with Gasteiger partial charge in [0.2, 0.25) is 5.91 Å². The van der Waals surface area contributed by atoms with Gasteiger partial charge in [0, 0.05) is 19.0 Å². The summed E-state index contributed by atoms with van der Waals surface area (Å²) in [4.78, 5) is 14.3. The highest BCUT2D eigenvalue weighted by Crippen LogP contribution is 2.30. The number of rotatable bonds is 2. The minimum absolute atomic E-state index is 0.111. The van der Waals surface area contributed by atoms with E-state index < -0.39 is 5.54 Å². The SMILES string of the molecule is CC(O)C1CCN(C(=O)C2(N)CCCCC2)C1. The number of carbonyl (C=O) groups excluding carboxylic acids is 1. The van der Waals surface area contributed by atoms with Crippen LogP contribution in [0.25, 0.3) is 0 Å². The van der Waals surface area contributed by atoms with Crippen LogP contribution in [0.3, 0.4) is 0 Å². The molecule has 1 amide bonds. The summed E-state index contributed by atoms with van der Waals surface area (Å²) in [5.74, 6) is 0.339. The Morgan fingerprint density at radius 1 is 1.41 bits per heavy atom. The number of nitrogens with two attached hydrogens (primary N) is 1. The first kappa shape index (κ1) is 12.8. The number of nitrogens with zero attached hydrogens (tertiary/aromatic N) is 1. The van der Waals surface area contributed by atoms with E-state index in [0.717, 1.165) is 38.6 Å². The summed E-state index contributed by atoms with van der Waals surface area (Å²) in [5, 5.41) is 9.56. The van der Waals surface area contributed by atoms with Gasteiger partial charge < -0.3 is 15.7 Å². The second-order valence-electron chi connectivity index (χ2n) is 5.76. The van der Waals surface area contributed by atoms with Crippen molar-refractivity contribution >= 4 is 5.91 Å². The normalized spacial score (nSPS) is 30.3. The third-order valence-corrected chi connectivity index (χ3v) is 4.37. The van der Waals surface area contributed by atoms with Crippen LogP contribution in [-0.4, -0.2) is 40.6 Å². The monoisotopic (exact) mass is 240 g/mol. The van der Waals surface area contributed by atoms with Gasteiger partial charge in [-0.25, -0.2) is 0 Å². The number of likely N-dealkylation sites (tertiary alicyclic amines) is 1. The first-order valence-corrected chi connectivity index (χ1v) is 6.79. The Balaban J connectivity index is 1.96. The van der Waals surface area contributed by atoms with Gasteiger partial charge in [-0.15, -0.1) is 0 Å². The average molecular weight is 240 g/mol. The maximum atomic E-state index is 12.4. The standard InChI is InChI=1S/C13H24N2O2/c1-10(16)11-5-8-15(9-11)12(17)13(14)6-3-2-4-7-13/h10-11,16H,2-9,14H2,1H3. The number of aliphatic hydroxyl groups is 1. The van der Waals surface area contributed by atoms with Crippen molar-refractivity contribution in [3.05, 3.63) is 0 Å². The minimum Gasteiger partial charge on any atom is -0.393 e. The number of amides is 1. The molecule has 0 bridgehead atoms. The van der Waals surface area contributed by atoms with Crippen molar-refractivity contribution in [3.8, 4) is 0 Å². The summed E-state index contributed by atoms with van der Waals surface area (Å²) in [6.07, 6.45) is 5.55. The quantitative estimate of drug-likeness (QED) is 0.753. The van der Waals surface area contributed by atoms with Crippen LogP contribution in [0, 0.1) is 5.92 Å². The average Bonchev–Trinajstić information content (AvgIpc) is 2.78. The molecule has 2 rings (SSSR count). The third-order valence-electron chi connectivity index (χ3n) is 4.37. The molecule has 2 unspecified atom stereocenters. The highest BCUT2D eigenvalue weighted by Gasteiger charge is 2.41. The molecule has 4 heteroatoms. The van der Waals surface area contributed by atoms with Crippen molar-refractivity contribution in [2.75, 3.05) is 13.1 Å². The Bertz CT molecular complexity index is 285. The molecule has 98 valence electrons. The van der Waals surface area contributed by atoms with E-state index in [1.807, 2.05) is 4.90 Å². The molecule has 1 saturated carbocycles. The summed E-state index contributed by atoms with van der Waals surface area (Å²) in [6.45, 7) is 3.24. The lowest BCUT2D eigenvalue weighted by molar-refractivity contribution is -0.137. The Hall–Kier alpha value is -0.610. The molecule has 0 radical (unpaired) electrons. The number of hydrogen-bond donors (Lipinski definition) is 2. The van der Waals surface area contributed by atoms with E-state index in [2.05, 4.69) is 0 Å². The fraction of sp³-hybridized carbons (Fsp3) is 0.923. The largest absolute Gasteiger partial charge is 0.393 e. The second kappa shape index (κ2) is 4.94. The molecule has 2 fully saturated rings. The van der Waals surface area contributed by atoms with Crippen LogP contribution >= 0.6 is 0 Å². The lowest BCUT2D eigenvalue weighted by Gasteiger charge is -2.35. The lowest BCUT2D eigenvalue weighted by atomic mass is 9.81. The molecule has 1 aliphatic heterocycles. The maximum absolute atomic E-state index is 12.4. The van der Waals surface area contributed by atoms with Gasteiger partial charge in [-0.05, 0) is 26.2 Å². The van der Waals surface area contributed by atoms with E-state index in [1.54, 1.807) is 6.92 Å². The van der Waals surface area contributed by atoms with E-state index in [4.69, 9.17) is 5.73 Å². The van der Waals surface area contributed by atoms with Crippen molar-refractivity contribution < 1.29 is 9.90 Å². The molecule has 3 N–H and O–H groups in total. The van der Waals surface area contributed by atoms with Gasteiger partial charge in [0.15, 0.2) is 0 Å². The first-order valence-electron chi connectivity index (χ1n) is 6.79. The number of hydrogen-bond acceptors (Lipinski definition) is 3. The van der Waals surface area contributed by atoms with Crippen LogP contribution in [-0.2, 0) is 4.79 Å². The van der Waals surface area contributed by atoms with Gasteiger partial charge in [0.25, 0.3) is 0 Å². The third kappa shape index (κ3) is 2.63. The molecule has 0 aromatic carbocycles. The Kier molecular flexibility index (Phi) is 3.73. The number of carbonyl (C=O) groups is 1. The van der Waals surface area contributed by atoms with Crippen molar-refractivity contribution in [1.82, 2.24) is 4.90 Å². The summed E-state index contributed by atoms with van der Waals surface area (Å²) < 4.78 is 0. The molecular weight excluding hydrogens is 216 g/mol. The van der Waals surface area contributed by atoms with Crippen LogP contribution in [0.5, 0.6) is 0 Å². The van der Waals surface area contributed by atoms with Gasteiger partial charge in [0.05, 0.1) is 11.6 Å². The Labute approximate surface area is 103 Å². The Morgan fingerprint density at radius 3 is 2.59 bits per heavy atom. The lowest BCUT2D eigenvalue weighted by Crippen LogP contribution is -2.55. The molecule has 1 heterocycles. The topological polar surface area (TPSA) is 66.6 Å². The summed E-state index contributed by atoms with van der Waals surface area (Å²) in [7, 11) is 0. The van der Waals surface area contributed by atoms with E-state index >= 15 is 0 Å². The predicted octanol–water partition coefficient (Wildman–Crippen LogP) is 0.877. The molecule has 4 nitrogen and oxygen atoms in total. The van der Waals surface area contributed by atoms with Crippen LogP contribution < -0.4 is 5.73 Å². The molecule has 1 aliphatic carbocycles. The predicted molar refractivity (Wildman–Crippen MR) is 66.4 cm³/mol. The maximum Gasteiger partial charge on any atom is 0.242 e. The van der Waals surface area contributed by atoms with Crippen LogP contribution in [0.1, 0.15) is 45.4 Å². The van der Waals surface area contributed by atoms with E-state index in [9.17, 15) is 9.90 Å². The van der Waals surface area contributed by atoms with E-state index in [0.29, 0.717) is 6.54 Å². The summed E-state index contributed by atoms with van der Waals surface area (Å²) in [6, 6.07) is 0. The van der Waals surface area contributed by atoms with Crippen molar-refractivity contribution in [2.24, 2.45) is 11.7 Å². The zero-order valence-electron chi connectivity index (χ0n) is 10.7. The van der Waals surface area contributed by atoms with Gasteiger partial charge in [-0.3, -0.25) is 4.79 Å². The molecule has 0 aromatic rings. The molecule has 0 aromatic heterocycles. The van der Waals surface area contributed by atoms with Crippen LogP contribution in [0.15, 0.2) is 0 Å². The molecule has 0 spiro atoms. The molecule has 1 saturated heterocycles. The zero-order valence-corrected chi connectivity index (χ0v) is 10.7. The van der Waals surface area contributed by atoms with Gasteiger partial charge in [0.1, 0.15) is 0 Å². The van der Waals surface area contributed by atoms with Gasteiger partial charge >= 0.3 is 0 Å². The van der Waals surface area contributed by atoms with Crippen molar-refractivity contribution in [1.29, 1.82) is 0 Å². The molecule has 2 atom stereocenters. The molecule has 2 aliphatic rings. The van der Waals surface area contributed by atoms with Gasteiger partial charge in [-0.1, -0.05) is 19.3 Å². The minimum atomic E-state index is -0.619. The summed E-state index contributed by atoms with van der Waals surface area (Å²) >= 11 is 0. The molecule has 17 heavy (non-hydrogen) atoms. The van der Waals surface area contributed by atoms with Crippen LogP contribution in [0.4, 0.5) is 0 Å². The van der Waals surface area contributed by atoms with E-state index in [1.165, 1.54) is 6.42 Å². The number of aliphatic hydroxyl groups excluding tert-OH is 1. The molecular formula is C13H24N2O2. The fourth-order valence-electron chi connectivity index (χ4n) is 3.08.